The van der Waals surface area contributed by atoms with Gasteiger partial charge in [-0.2, -0.15) is 0 Å². The number of ether oxygens (including phenoxy) is 1. The van der Waals surface area contributed by atoms with Gasteiger partial charge in [0.15, 0.2) is 0 Å². The minimum absolute atomic E-state index is 0.0156. The second kappa shape index (κ2) is 66.1. The second-order valence-corrected chi connectivity index (χ2v) is 24.2. The van der Waals surface area contributed by atoms with Gasteiger partial charge in [0, 0.05) is 12.8 Å². The Hall–Kier alpha value is -1.40. The smallest absolute Gasteiger partial charge is 0.305 e. The third-order valence-corrected chi connectivity index (χ3v) is 16.6. The molecule has 0 aromatic carbocycles. The third-order valence-electron chi connectivity index (χ3n) is 16.6. The van der Waals surface area contributed by atoms with Crippen LogP contribution in [-0.2, 0) is 14.3 Å². The van der Waals surface area contributed by atoms with Crippen LogP contribution in [0.1, 0.15) is 399 Å². The molecular formula is C70H137NO5. The molecule has 0 radical (unpaired) electrons. The number of aliphatic hydroxyl groups is 2. The summed E-state index contributed by atoms with van der Waals surface area (Å²) in [5, 5.41) is 23.2. The lowest BCUT2D eigenvalue weighted by molar-refractivity contribution is -0.143. The fraction of sp³-hybridized carbons (Fsp3) is 0.943. The Morgan fingerprint density at radius 3 is 0.895 bits per heavy atom. The summed E-state index contributed by atoms with van der Waals surface area (Å²) >= 11 is 0. The van der Waals surface area contributed by atoms with Crippen molar-refractivity contribution in [3.05, 3.63) is 12.2 Å². The molecule has 0 heterocycles. The molecule has 1 amide bonds. The first-order valence-corrected chi connectivity index (χ1v) is 35.0. The Morgan fingerprint density at radius 2 is 0.605 bits per heavy atom. The molecule has 0 rings (SSSR count). The number of hydrogen-bond donors (Lipinski definition) is 3. The summed E-state index contributed by atoms with van der Waals surface area (Å²) in [5.41, 5.74) is 0. The molecule has 0 bridgehead atoms. The molecule has 6 heteroatoms. The number of aliphatic hydroxyl groups excluding tert-OH is 2. The number of carbonyl (C=O) groups is 2. The van der Waals surface area contributed by atoms with Crippen molar-refractivity contribution in [2.75, 3.05) is 13.2 Å². The molecule has 0 aliphatic heterocycles. The lowest BCUT2D eigenvalue weighted by atomic mass is 10.0. The number of esters is 1. The maximum Gasteiger partial charge on any atom is 0.305 e. The van der Waals surface area contributed by atoms with Crippen LogP contribution in [0.2, 0.25) is 0 Å². The zero-order chi connectivity index (χ0) is 55.0. The van der Waals surface area contributed by atoms with E-state index >= 15 is 0 Å². The minimum Gasteiger partial charge on any atom is -0.466 e. The first-order chi connectivity index (χ1) is 37.5. The molecule has 0 aliphatic rings. The quantitative estimate of drug-likeness (QED) is 0.0320. The van der Waals surface area contributed by atoms with Crippen LogP contribution in [0.3, 0.4) is 0 Å². The Balaban J connectivity index is 3.39. The number of carbonyl (C=O) groups excluding carboxylic acids is 2. The van der Waals surface area contributed by atoms with Gasteiger partial charge in [-0.05, 0) is 32.1 Å². The fourth-order valence-corrected chi connectivity index (χ4v) is 11.2. The molecule has 0 spiro atoms. The van der Waals surface area contributed by atoms with Crippen LogP contribution in [0.4, 0.5) is 0 Å². The van der Waals surface area contributed by atoms with E-state index in [1.807, 2.05) is 6.08 Å². The molecule has 2 atom stereocenters. The largest absolute Gasteiger partial charge is 0.466 e. The van der Waals surface area contributed by atoms with E-state index in [2.05, 4.69) is 19.2 Å². The van der Waals surface area contributed by atoms with Gasteiger partial charge < -0.3 is 20.3 Å². The van der Waals surface area contributed by atoms with Crippen LogP contribution in [0.15, 0.2) is 12.2 Å². The highest BCUT2D eigenvalue weighted by atomic mass is 16.5. The van der Waals surface area contributed by atoms with Crippen molar-refractivity contribution >= 4 is 11.9 Å². The molecule has 0 aromatic rings. The van der Waals surface area contributed by atoms with Crippen molar-refractivity contribution in [1.82, 2.24) is 5.32 Å². The molecular weight excluding hydrogens is 935 g/mol. The predicted octanol–water partition coefficient (Wildman–Crippen LogP) is 22.4. The average molecular weight is 1070 g/mol. The van der Waals surface area contributed by atoms with Crippen molar-refractivity contribution in [1.29, 1.82) is 0 Å². The zero-order valence-electron chi connectivity index (χ0n) is 51.8. The first-order valence-electron chi connectivity index (χ1n) is 35.0. The molecule has 0 saturated carbocycles. The van der Waals surface area contributed by atoms with E-state index in [0.29, 0.717) is 19.4 Å². The monoisotopic (exact) mass is 1070 g/mol. The number of nitrogens with one attached hydrogen (secondary N) is 1. The molecule has 76 heavy (non-hydrogen) atoms. The first kappa shape index (κ1) is 74.6. The summed E-state index contributed by atoms with van der Waals surface area (Å²) < 4.78 is 5.51. The summed E-state index contributed by atoms with van der Waals surface area (Å²) in [7, 11) is 0. The van der Waals surface area contributed by atoms with E-state index in [0.717, 1.165) is 38.5 Å². The van der Waals surface area contributed by atoms with Crippen molar-refractivity contribution in [3.63, 3.8) is 0 Å². The second-order valence-electron chi connectivity index (χ2n) is 24.2. The van der Waals surface area contributed by atoms with E-state index in [4.69, 9.17) is 4.74 Å². The van der Waals surface area contributed by atoms with Gasteiger partial charge in [0.2, 0.25) is 5.91 Å². The fourth-order valence-electron chi connectivity index (χ4n) is 11.2. The minimum atomic E-state index is -0.846. The summed E-state index contributed by atoms with van der Waals surface area (Å²) in [6.45, 7) is 4.95. The van der Waals surface area contributed by atoms with Gasteiger partial charge in [-0.1, -0.05) is 366 Å². The van der Waals surface area contributed by atoms with Gasteiger partial charge in [0.1, 0.15) is 0 Å². The van der Waals surface area contributed by atoms with Gasteiger partial charge in [0.05, 0.1) is 25.4 Å². The lowest BCUT2D eigenvalue weighted by Gasteiger charge is -2.20. The van der Waals surface area contributed by atoms with Crippen LogP contribution in [-0.4, -0.2) is 47.4 Å². The Bertz CT molecular complexity index is 1140. The number of unbranched alkanes of at least 4 members (excludes halogenated alkanes) is 55. The van der Waals surface area contributed by atoms with Gasteiger partial charge in [-0.15, -0.1) is 0 Å². The standard InChI is InChI=1S/C70H137NO5/c1-3-5-7-9-11-13-15-17-19-21-23-24-27-30-34-38-42-46-50-54-58-62-68(73)67(66-72)71-69(74)63-59-55-51-47-43-39-35-31-28-25-26-29-33-37-41-45-49-53-57-61-65-76-70(75)64-60-56-52-48-44-40-36-32-22-20-18-16-14-12-10-8-6-4-2/h58,62,67-68,72-73H,3-57,59-61,63-66H2,1-2H3,(H,71,74)/b62-58+. The summed E-state index contributed by atoms with van der Waals surface area (Å²) in [4.78, 5) is 24.6. The number of amides is 1. The average Bonchev–Trinajstić information content (AvgIpc) is 3.42. The highest BCUT2D eigenvalue weighted by Gasteiger charge is 2.18. The van der Waals surface area contributed by atoms with Crippen LogP contribution in [0, 0.1) is 0 Å². The van der Waals surface area contributed by atoms with E-state index < -0.39 is 12.1 Å². The van der Waals surface area contributed by atoms with Gasteiger partial charge >= 0.3 is 5.97 Å². The van der Waals surface area contributed by atoms with Crippen LogP contribution in [0.25, 0.3) is 0 Å². The van der Waals surface area contributed by atoms with Crippen molar-refractivity contribution in [2.45, 2.75) is 411 Å². The number of hydrogen-bond acceptors (Lipinski definition) is 5. The van der Waals surface area contributed by atoms with E-state index in [9.17, 15) is 19.8 Å². The van der Waals surface area contributed by atoms with Crippen molar-refractivity contribution < 1.29 is 24.5 Å². The number of rotatable bonds is 66. The van der Waals surface area contributed by atoms with Crippen LogP contribution in [0.5, 0.6) is 0 Å². The molecule has 0 aromatic heterocycles. The highest BCUT2D eigenvalue weighted by molar-refractivity contribution is 5.76. The predicted molar refractivity (Wildman–Crippen MR) is 333 cm³/mol. The van der Waals surface area contributed by atoms with Crippen molar-refractivity contribution in [3.8, 4) is 0 Å². The van der Waals surface area contributed by atoms with Gasteiger partial charge in [0.25, 0.3) is 0 Å². The van der Waals surface area contributed by atoms with E-state index in [1.54, 1.807) is 6.08 Å². The molecule has 2 unspecified atom stereocenters. The summed E-state index contributed by atoms with van der Waals surface area (Å²) in [6, 6.07) is -0.630. The Morgan fingerprint density at radius 1 is 0.355 bits per heavy atom. The van der Waals surface area contributed by atoms with E-state index in [-0.39, 0.29) is 18.5 Å². The Labute approximate surface area is 476 Å². The molecule has 6 nitrogen and oxygen atoms in total. The van der Waals surface area contributed by atoms with Crippen LogP contribution < -0.4 is 5.32 Å². The molecule has 3 N–H and O–H groups in total. The molecule has 452 valence electrons. The SMILES string of the molecule is CCCCCCCCCCCCCCCCCCCCC/C=C/C(O)C(CO)NC(=O)CCCCCCCCCCCCCCCCCCCCCCOC(=O)CCCCCCCCCCCCCCCCCCCC. The zero-order valence-corrected chi connectivity index (χ0v) is 51.8. The summed E-state index contributed by atoms with van der Waals surface area (Å²) in [6.07, 6.45) is 81.3. The highest BCUT2D eigenvalue weighted by Crippen LogP contribution is 2.19. The summed E-state index contributed by atoms with van der Waals surface area (Å²) in [5.74, 6) is -0.0496. The van der Waals surface area contributed by atoms with Crippen LogP contribution >= 0.6 is 0 Å². The molecule has 0 fully saturated rings. The third kappa shape index (κ3) is 61.8. The maximum absolute atomic E-state index is 12.5. The van der Waals surface area contributed by atoms with Crippen molar-refractivity contribution in [2.24, 2.45) is 0 Å². The normalized spacial score (nSPS) is 12.5. The molecule has 0 saturated heterocycles. The number of allylic oxidation sites excluding steroid dienone is 1. The maximum atomic E-state index is 12.5. The van der Waals surface area contributed by atoms with E-state index in [1.165, 1.54) is 334 Å². The van der Waals surface area contributed by atoms with Gasteiger partial charge in [-0.25, -0.2) is 0 Å². The topological polar surface area (TPSA) is 95.9 Å². The molecule has 0 aliphatic carbocycles. The lowest BCUT2D eigenvalue weighted by Crippen LogP contribution is -2.45. The van der Waals surface area contributed by atoms with Gasteiger partial charge in [-0.3, -0.25) is 9.59 Å². The Kier molecular flexibility index (Phi) is 64.9.